The van der Waals surface area contributed by atoms with E-state index in [-0.39, 0.29) is 0 Å². The minimum atomic E-state index is -4.32. The van der Waals surface area contributed by atoms with Crippen LogP contribution in [0.25, 0.3) is 0 Å². The Kier molecular flexibility index (Phi) is 6.13. The molecule has 0 bridgehead atoms. The van der Waals surface area contributed by atoms with E-state index in [1.807, 2.05) is 6.92 Å². The van der Waals surface area contributed by atoms with Crippen LogP contribution in [-0.2, 0) is 6.18 Å². The Balaban J connectivity index is 2.53. The summed E-state index contributed by atoms with van der Waals surface area (Å²) in [4.78, 5) is 3.86. The highest BCUT2D eigenvalue weighted by Gasteiger charge is 2.30. The minimum absolute atomic E-state index is 0.304. The third-order valence-electron chi connectivity index (χ3n) is 2.62. The van der Waals surface area contributed by atoms with Crippen LogP contribution in [0.4, 0.5) is 13.2 Å². The highest BCUT2D eigenvalue weighted by Crippen LogP contribution is 2.30. The number of hydrogen-bond donors (Lipinski definition) is 1. The molecular formula is C13H19F3N2S. The van der Waals surface area contributed by atoms with Gasteiger partial charge in [0.25, 0.3) is 0 Å². The van der Waals surface area contributed by atoms with Crippen molar-refractivity contribution < 1.29 is 13.2 Å². The third kappa shape index (κ3) is 5.82. The molecule has 1 aromatic heterocycles. The summed E-state index contributed by atoms with van der Waals surface area (Å²) >= 11 is 1.50. The molecule has 0 spiro atoms. The molecule has 0 aliphatic carbocycles. The van der Waals surface area contributed by atoms with Crippen LogP contribution in [0.1, 0.15) is 32.8 Å². The molecule has 2 atom stereocenters. The largest absolute Gasteiger partial charge is 0.417 e. The Hall–Kier alpha value is -0.750. The van der Waals surface area contributed by atoms with E-state index in [1.165, 1.54) is 17.8 Å². The van der Waals surface area contributed by atoms with Crippen LogP contribution in [0.5, 0.6) is 0 Å². The van der Waals surface area contributed by atoms with Gasteiger partial charge in [-0.3, -0.25) is 0 Å². The maximum Gasteiger partial charge on any atom is 0.417 e. The molecule has 0 fully saturated rings. The van der Waals surface area contributed by atoms with Gasteiger partial charge in [-0.25, -0.2) is 4.98 Å². The topological polar surface area (TPSA) is 24.9 Å². The molecule has 0 radical (unpaired) electrons. The molecule has 2 unspecified atom stereocenters. The number of alkyl halides is 3. The molecule has 6 heteroatoms. The van der Waals surface area contributed by atoms with Crippen molar-refractivity contribution in [2.75, 3.05) is 6.54 Å². The molecule has 19 heavy (non-hydrogen) atoms. The first-order valence-electron chi connectivity index (χ1n) is 6.26. The van der Waals surface area contributed by atoms with Gasteiger partial charge in [-0.1, -0.05) is 13.8 Å². The van der Waals surface area contributed by atoms with Gasteiger partial charge in [0, 0.05) is 17.5 Å². The fourth-order valence-corrected chi connectivity index (χ4v) is 2.86. The van der Waals surface area contributed by atoms with Crippen LogP contribution < -0.4 is 5.32 Å². The second kappa shape index (κ2) is 7.14. The second-order valence-electron chi connectivity index (χ2n) is 4.51. The Morgan fingerprint density at radius 3 is 2.47 bits per heavy atom. The summed E-state index contributed by atoms with van der Waals surface area (Å²) < 4.78 is 37.2. The zero-order valence-electron chi connectivity index (χ0n) is 11.3. The monoisotopic (exact) mass is 292 g/mol. The Bertz CT molecular complexity index is 378. The Labute approximate surface area is 116 Å². The van der Waals surface area contributed by atoms with Crippen LogP contribution in [0.3, 0.4) is 0 Å². The average Bonchev–Trinajstić information content (AvgIpc) is 2.28. The van der Waals surface area contributed by atoms with Crippen molar-refractivity contribution in [1.82, 2.24) is 10.3 Å². The molecule has 1 heterocycles. The van der Waals surface area contributed by atoms with Gasteiger partial charge in [0.05, 0.1) is 10.6 Å². The first kappa shape index (κ1) is 16.3. The summed E-state index contributed by atoms with van der Waals surface area (Å²) in [5.41, 5.74) is -0.703. The molecule has 0 amide bonds. The zero-order valence-corrected chi connectivity index (χ0v) is 12.1. The highest BCUT2D eigenvalue weighted by atomic mass is 32.2. The van der Waals surface area contributed by atoms with Gasteiger partial charge in [-0.05, 0) is 32.0 Å². The van der Waals surface area contributed by atoms with E-state index in [1.54, 1.807) is 0 Å². The lowest BCUT2D eigenvalue weighted by molar-refractivity contribution is -0.137. The predicted molar refractivity (Wildman–Crippen MR) is 72.3 cm³/mol. The average molecular weight is 292 g/mol. The van der Waals surface area contributed by atoms with Crippen LogP contribution in [0, 0.1) is 0 Å². The maximum absolute atomic E-state index is 12.4. The van der Waals surface area contributed by atoms with Crippen LogP contribution in [0.15, 0.2) is 23.4 Å². The lowest BCUT2D eigenvalue weighted by atomic mass is 10.2. The molecule has 1 rings (SSSR count). The number of hydrogen-bond acceptors (Lipinski definition) is 3. The smallest absolute Gasteiger partial charge is 0.314 e. The maximum atomic E-state index is 12.4. The standard InChI is InChI=1S/C13H19F3N2S/c1-4-17-9(2)7-10(3)19-12-6-5-11(8-18-12)13(14,15)16/h5-6,8-10,17H,4,7H2,1-3H3. The summed E-state index contributed by atoms with van der Waals surface area (Å²) in [5.74, 6) is 0. The van der Waals surface area contributed by atoms with E-state index < -0.39 is 11.7 Å². The third-order valence-corrected chi connectivity index (χ3v) is 3.70. The Morgan fingerprint density at radius 1 is 1.32 bits per heavy atom. The molecule has 2 nitrogen and oxygen atoms in total. The SMILES string of the molecule is CCNC(C)CC(C)Sc1ccc(C(F)(F)F)cn1. The van der Waals surface area contributed by atoms with Crippen molar-refractivity contribution in [2.24, 2.45) is 0 Å². The normalized spacial score (nSPS) is 15.3. The van der Waals surface area contributed by atoms with Gasteiger partial charge in [0.1, 0.15) is 0 Å². The summed E-state index contributed by atoms with van der Waals surface area (Å²) in [5, 5.41) is 4.24. The molecule has 0 saturated carbocycles. The van der Waals surface area contributed by atoms with Gasteiger partial charge in [-0.15, -0.1) is 11.8 Å². The molecule has 1 aromatic rings. The van der Waals surface area contributed by atoms with Crippen molar-refractivity contribution in [3.8, 4) is 0 Å². The first-order chi connectivity index (χ1) is 8.82. The zero-order chi connectivity index (χ0) is 14.5. The van der Waals surface area contributed by atoms with Crippen molar-refractivity contribution in [3.63, 3.8) is 0 Å². The summed E-state index contributed by atoms with van der Waals surface area (Å²) in [7, 11) is 0. The first-order valence-corrected chi connectivity index (χ1v) is 7.14. The Morgan fingerprint density at radius 2 is 2.00 bits per heavy atom. The number of rotatable bonds is 6. The molecule has 108 valence electrons. The van der Waals surface area contributed by atoms with Crippen LogP contribution in [0.2, 0.25) is 0 Å². The number of aromatic nitrogens is 1. The summed E-state index contributed by atoms with van der Waals surface area (Å²) in [6.45, 7) is 7.11. The van der Waals surface area contributed by atoms with Gasteiger partial charge >= 0.3 is 6.18 Å². The van der Waals surface area contributed by atoms with E-state index in [0.717, 1.165) is 25.2 Å². The van der Waals surface area contributed by atoms with Gasteiger partial charge in [-0.2, -0.15) is 13.2 Å². The van der Waals surface area contributed by atoms with E-state index in [4.69, 9.17) is 0 Å². The fraction of sp³-hybridized carbons (Fsp3) is 0.615. The summed E-state index contributed by atoms with van der Waals surface area (Å²) in [6.07, 6.45) is -2.48. The number of pyridine rings is 1. The molecule has 0 aromatic carbocycles. The van der Waals surface area contributed by atoms with E-state index >= 15 is 0 Å². The van der Waals surface area contributed by atoms with Crippen LogP contribution >= 0.6 is 11.8 Å². The second-order valence-corrected chi connectivity index (χ2v) is 5.96. The quantitative estimate of drug-likeness (QED) is 0.803. The molecule has 0 aliphatic heterocycles. The van der Waals surface area contributed by atoms with E-state index in [0.29, 0.717) is 16.3 Å². The summed E-state index contributed by atoms with van der Waals surface area (Å²) in [6, 6.07) is 2.90. The van der Waals surface area contributed by atoms with Gasteiger partial charge < -0.3 is 5.32 Å². The van der Waals surface area contributed by atoms with Crippen molar-refractivity contribution in [2.45, 2.75) is 49.7 Å². The van der Waals surface area contributed by atoms with Crippen molar-refractivity contribution >= 4 is 11.8 Å². The number of nitrogens with zero attached hydrogens (tertiary/aromatic N) is 1. The fourth-order valence-electron chi connectivity index (χ4n) is 1.80. The lowest BCUT2D eigenvalue weighted by Gasteiger charge is -2.17. The van der Waals surface area contributed by atoms with E-state index in [9.17, 15) is 13.2 Å². The van der Waals surface area contributed by atoms with Crippen LogP contribution in [-0.4, -0.2) is 22.8 Å². The molecule has 0 aliphatic rings. The van der Waals surface area contributed by atoms with Crippen molar-refractivity contribution in [1.29, 1.82) is 0 Å². The number of thioether (sulfide) groups is 1. The minimum Gasteiger partial charge on any atom is -0.314 e. The van der Waals surface area contributed by atoms with E-state index in [2.05, 4.69) is 24.1 Å². The highest BCUT2D eigenvalue weighted by molar-refractivity contribution is 7.99. The number of nitrogens with one attached hydrogen (secondary N) is 1. The molecule has 1 N–H and O–H groups in total. The number of halogens is 3. The van der Waals surface area contributed by atoms with Crippen molar-refractivity contribution in [3.05, 3.63) is 23.9 Å². The van der Waals surface area contributed by atoms with Gasteiger partial charge in [0.2, 0.25) is 0 Å². The molecule has 0 saturated heterocycles. The predicted octanol–water partition coefficient (Wildman–Crippen LogP) is 3.97. The van der Waals surface area contributed by atoms with Gasteiger partial charge in [0.15, 0.2) is 0 Å². The lowest BCUT2D eigenvalue weighted by Crippen LogP contribution is -2.28. The molecular weight excluding hydrogens is 273 g/mol.